The van der Waals surface area contributed by atoms with Crippen LogP contribution < -0.4 is 10.6 Å². The van der Waals surface area contributed by atoms with Gasteiger partial charge in [-0.25, -0.2) is 4.39 Å². The molecule has 1 aliphatic rings. The van der Waals surface area contributed by atoms with Crippen molar-refractivity contribution >= 4 is 23.0 Å². The number of anilines is 1. The van der Waals surface area contributed by atoms with Gasteiger partial charge in [-0.1, -0.05) is 26.7 Å². The van der Waals surface area contributed by atoms with E-state index < -0.39 is 0 Å². The van der Waals surface area contributed by atoms with Crippen LogP contribution in [0.15, 0.2) is 24.3 Å². The van der Waals surface area contributed by atoms with Gasteiger partial charge in [0.2, 0.25) is 0 Å². The highest BCUT2D eigenvalue weighted by Gasteiger charge is 2.27. The predicted octanol–water partition coefficient (Wildman–Crippen LogP) is 3.94. The molecule has 0 aromatic heterocycles. The van der Waals surface area contributed by atoms with Crippen molar-refractivity contribution in [3.63, 3.8) is 0 Å². The summed E-state index contributed by atoms with van der Waals surface area (Å²) in [4.78, 5) is 0. The Morgan fingerprint density at radius 3 is 2.58 bits per heavy atom. The lowest BCUT2D eigenvalue weighted by atomic mass is 9.78. The second-order valence-corrected chi connectivity index (χ2v) is 5.89. The normalized spacial score (nSPS) is 26.8. The maximum absolute atomic E-state index is 12.8. The van der Waals surface area contributed by atoms with Crippen LogP contribution in [0.5, 0.6) is 0 Å². The Morgan fingerprint density at radius 1 is 1.21 bits per heavy atom. The van der Waals surface area contributed by atoms with Gasteiger partial charge < -0.3 is 10.6 Å². The van der Waals surface area contributed by atoms with Crippen molar-refractivity contribution in [3.8, 4) is 0 Å². The Labute approximate surface area is 119 Å². The second-order valence-electron chi connectivity index (χ2n) is 5.48. The third kappa shape index (κ3) is 3.90. The van der Waals surface area contributed by atoms with Gasteiger partial charge >= 0.3 is 0 Å². The predicted molar refractivity (Wildman–Crippen MR) is 81.7 cm³/mol. The molecule has 4 heteroatoms. The van der Waals surface area contributed by atoms with Crippen LogP contribution in [0, 0.1) is 17.7 Å². The van der Waals surface area contributed by atoms with Crippen LogP contribution in [0.1, 0.15) is 33.1 Å². The smallest absolute Gasteiger partial charge is 0.171 e. The summed E-state index contributed by atoms with van der Waals surface area (Å²) in [6.07, 6.45) is 3.72. The Bertz CT molecular complexity index is 432. The van der Waals surface area contributed by atoms with Crippen LogP contribution in [0.25, 0.3) is 0 Å². The lowest BCUT2D eigenvalue weighted by Crippen LogP contribution is -2.45. The second kappa shape index (κ2) is 6.33. The molecule has 2 N–H and O–H groups in total. The molecule has 1 aromatic carbocycles. The first-order valence-corrected chi connectivity index (χ1v) is 7.30. The van der Waals surface area contributed by atoms with Crippen molar-refractivity contribution in [2.75, 3.05) is 5.32 Å². The van der Waals surface area contributed by atoms with Crippen LogP contribution in [-0.2, 0) is 0 Å². The van der Waals surface area contributed by atoms with Crippen molar-refractivity contribution in [1.29, 1.82) is 0 Å². The monoisotopic (exact) mass is 280 g/mol. The Morgan fingerprint density at radius 2 is 1.89 bits per heavy atom. The molecule has 3 atom stereocenters. The lowest BCUT2D eigenvalue weighted by molar-refractivity contribution is 0.225. The molecule has 104 valence electrons. The van der Waals surface area contributed by atoms with Crippen LogP contribution in [0.3, 0.4) is 0 Å². The number of hydrogen-bond acceptors (Lipinski definition) is 1. The molecular weight excluding hydrogens is 259 g/mol. The summed E-state index contributed by atoms with van der Waals surface area (Å²) in [5, 5.41) is 7.12. The largest absolute Gasteiger partial charge is 0.359 e. The summed E-state index contributed by atoms with van der Waals surface area (Å²) in [5.74, 6) is 1.13. The summed E-state index contributed by atoms with van der Waals surface area (Å²) >= 11 is 5.33. The molecule has 0 unspecified atom stereocenters. The number of halogens is 1. The number of nitrogens with one attached hydrogen (secondary N) is 2. The maximum Gasteiger partial charge on any atom is 0.171 e. The minimum atomic E-state index is -0.237. The van der Waals surface area contributed by atoms with Gasteiger partial charge in [0.05, 0.1) is 0 Å². The summed E-state index contributed by atoms with van der Waals surface area (Å²) < 4.78 is 12.8. The standard InChI is InChI=1S/C15H21FN2S/c1-10-4-3-5-14(11(10)2)18-15(19)17-13-8-6-12(16)7-9-13/h6-11,14H,3-5H2,1-2H3,(H2,17,18,19)/t10-,11-,14+/m1/s1. The van der Waals surface area contributed by atoms with E-state index >= 15 is 0 Å². The van der Waals surface area contributed by atoms with Gasteiger partial charge in [-0.15, -0.1) is 0 Å². The molecule has 1 aliphatic carbocycles. The average molecular weight is 280 g/mol. The van der Waals surface area contributed by atoms with Gasteiger partial charge in [0.15, 0.2) is 5.11 Å². The van der Waals surface area contributed by atoms with E-state index in [4.69, 9.17) is 12.2 Å². The SMILES string of the molecule is C[C@@H]1[C@H](C)CCC[C@@H]1NC(=S)Nc1ccc(F)cc1. The van der Waals surface area contributed by atoms with E-state index in [0.29, 0.717) is 17.1 Å². The Kier molecular flexibility index (Phi) is 4.75. The molecule has 0 radical (unpaired) electrons. The van der Waals surface area contributed by atoms with E-state index in [1.165, 1.54) is 25.0 Å². The molecule has 19 heavy (non-hydrogen) atoms. The fraction of sp³-hybridized carbons (Fsp3) is 0.533. The number of benzene rings is 1. The van der Waals surface area contributed by atoms with Crippen LogP contribution in [-0.4, -0.2) is 11.2 Å². The average Bonchev–Trinajstić information content (AvgIpc) is 2.38. The molecule has 0 heterocycles. The zero-order valence-electron chi connectivity index (χ0n) is 11.4. The van der Waals surface area contributed by atoms with Crippen LogP contribution in [0.2, 0.25) is 0 Å². The molecule has 0 spiro atoms. The van der Waals surface area contributed by atoms with Gasteiger partial charge in [0.1, 0.15) is 5.82 Å². The van der Waals surface area contributed by atoms with Gasteiger partial charge in [0.25, 0.3) is 0 Å². The molecule has 1 fully saturated rings. The van der Waals surface area contributed by atoms with Crippen molar-refractivity contribution < 1.29 is 4.39 Å². The zero-order chi connectivity index (χ0) is 13.8. The summed E-state index contributed by atoms with van der Waals surface area (Å²) in [5.41, 5.74) is 0.815. The highest BCUT2D eigenvalue weighted by Crippen LogP contribution is 2.29. The van der Waals surface area contributed by atoms with Crippen LogP contribution in [0.4, 0.5) is 10.1 Å². The molecule has 1 saturated carbocycles. The number of hydrogen-bond donors (Lipinski definition) is 2. The summed E-state index contributed by atoms with van der Waals surface area (Å²) in [6.45, 7) is 4.58. The molecule has 0 bridgehead atoms. The fourth-order valence-corrected chi connectivity index (χ4v) is 2.92. The zero-order valence-corrected chi connectivity index (χ0v) is 12.3. The Hall–Kier alpha value is -1.16. The highest BCUT2D eigenvalue weighted by molar-refractivity contribution is 7.80. The van der Waals surface area contributed by atoms with E-state index in [1.54, 1.807) is 12.1 Å². The molecule has 1 aromatic rings. The maximum atomic E-state index is 12.8. The first-order valence-electron chi connectivity index (χ1n) is 6.89. The third-order valence-corrected chi connectivity index (χ3v) is 4.35. The summed E-state index contributed by atoms with van der Waals surface area (Å²) in [6, 6.07) is 6.67. The number of thiocarbonyl (C=S) groups is 1. The van der Waals surface area contributed by atoms with E-state index in [0.717, 1.165) is 18.0 Å². The minimum absolute atomic E-state index is 0.237. The Balaban J connectivity index is 1.88. The first kappa shape index (κ1) is 14.3. The van der Waals surface area contributed by atoms with E-state index in [-0.39, 0.29) is 5.82 Å². The van der Waals surface area contributed by atoms with E-state index in [9.17, 15) is 4.39 Å². The van der Waals surface area contributed by atoms with Crippen molar-refractivity contribution in [2.24, 2.45) is 11.8 Å². The molecule has 0 amide bonds. The topological polar surface area (TPSA) is 24.1 Å². The van der Waals surface area contributed by atoms with Gasteiger partial charge in [-0.3, -0.25) is 0 Å². The minimum Gasteiger partial charge on any atom is -0.359 e. The molecule has 0 aliphatic heterocycles. The molecular formula is C15H21FN2S. The van der Waals surface area contributed by atoms with Crippen molar-refractivity contribution in [1.82, 2.24) is 5.32 Å². The number of rotatable bonds is 2. The van der Waals surface area contributed by atoms with Gasteiger partial charge in [-0.2, -0.15) is 0 Å². The van der Waals surface area contributed by atoms with E-state index in [1.807, 2.05) is 0 Å². The molecule has 2 rings (SSSR count). The fourth-order valence-electron chi connectivity index (χ4n) is 2.65. The van der Waals surface area contributed by atoms with Crippen molar-refractivity contribution in [2.45, 2.75) is 39.2 Å². The third-order valence-electron chi connectivity index (χ3n) is 4.13. The summed E-state index contributed by atoms with van der Waals surface area (Å²) in [7, 11) is 0. The quantitative estimate of drug-likeness (QED) is 0.803. The van der Waals surface area contributed by atoms with E-state index in [2.05, 4.69) is 24.5 Å². The first-order chi connectivity index (χ1) is 9.06. The molecule has 2 nitrogen and oxygen atoms in total. The van der Waals surface area contributed by atoms with Gasteiger partial charge in [-0.05, 0) is 54.7 Å². The molecule has 0 saturated heterocycles. The van der Waals surface area contributed by atoms with Gasteiger partial charge in [0, 0.05) is 11.7 Å². The highest BCUT2D eigenvalue weighted by atomic mass is 32.1. The van der Waals surface area contributed by atoms with Crippen molar-refractivity contribution in [3.05, 3.63) is 30.1 Å². The van der Waals surface area contributed by atoms with Crippen LogP contribution >= 0.6 is 12.2 Å². The lowest BCUT2D eigenvalue weighted by Gasteiger charge is -2.35.